The highest BCUT2D eigenvalue weighted by atomic mass is 32.2. The zero-order chi connectivity index (χ0) is 22.6. The van der Waals surface area contributed by atoms with Gasteiger partial charge in [-0.2, -0.15) is 8.78 Å². The Balaban J connectivity index is 1.57. The van der Waals surface area contributed by atoms with E-state index >= 15 is 0 Å². The number of carbonyl (C=O) groups is 2. The zero-order valence-electron chi connectivity index (χ0n) is 16.2. The molecule has 0 unspecified atom stereocenters. The van der Waals surface area contributed by atoms with Crippen LogP contribution in [0, 0.1) is 0 Å². The molecule has 3 aromatic carbocycles. The molecule has 0 aliphatic rings. The van der Waals surface area contributed by atoms with Crippen LogP contribution < -0.4 is 15.6 Å². The normalized spacial score (nSPS) is 12.4. The number of amides is 2. The van der Waals surface area contributed by atoms with Crippen molar-refractivity contribution in [2.75, 3.05) is 0 Å². The van der Waals surface area contributed by atoms with Crippen LogP contribution in [0.2, 0.25) is 0 Å². The van der Waals surface area contributed by atoms with Gasteiger partial charge in [0, 0.05) is 5.56 Å². The number of ether oxygens (including phenoxy) is 1. The second-order valence-electron chi connectivity index (χ2n) is 6.54. The van der Waals surface area contributed by atoms with Crippen LogP contribution in [0.1, 0.15) is 17.3 Å². The third-order valence-electron chi connectivity index (χ3n) is 4.38. The Bertz CT molecular complexity index is 1210. The summed E-state index contributed by atoms with van der Waals surface area (Å²) >= 11 is 0. The van der Waals surface area contributed by atoms with Crippen molar-refractivity contribution in [3.63, 3.8) is 0 Å². The van der Waals surface area contributed by atoms with Crippen molar-refractivity contribution in [3.8, 4) is 5.75 Å². The highest BCUT2D eigenvalue weighted by molar-refractivity contribution is 7.91. The lowest BCUT2D eigenvalue weighted by Gasteiger charge is -2.15. The van der Waals surface area contributed by atoms with Gasteiger partial charge in [0.25, 0.3) is 11.8 Å². The van der Waals surface area contributed by atoms with Crippen molar-refractivity contribution in [1.29, 1.82) is 0 Å². The van der Waals surface area contributed by atoms with Crippen LogP contribution in [0.5, 0.6) is 5.75 Å². The van der Waals surface area contributed by atoms with E-state index in [9.17, 15) is 26.8 Å². The molecule has 162 valence electrons. The predicted molar refractivity (Wildman–Crippen MR) is 109 cm³/mol. The number of benzene rings is 3. The maximum atomic E-state index is 12.5. The quantitative estimate of drug-likeness (QED) is 0.565. The fraction of sp³-hybridized carbons (Fsp3) is 0.143. The molecule has 2 amide bonds. The van der Waals surface area contributed by atoms with Crippen molar-refractivity contribution in [1.82, 2.24) is 10.9 Å². The summed E-state index contributed by atoms with van der Waals surface area (Å²) in [7, 11) is -4.75. The number of hydrogen-bond donors (Lipinski definition) is 2. The molecule has 0 radical (unpaired) electrons. The van der Waals surface area contributed by atoms with Crippen molar-refractivity contribution in [3.05, 3.63) is 72.3 Å². The lowest BCUT2D eigenvalue weighted by molar-refractivity contribution is -0.128. The number of rotatable bonds is 6. The molecule has 0 bridgehead atoms. The van der Waals surface area contributed by atoms with Crippen molar-refractivity contribution < 1.29 is 31.5 Å². The molecule has 10 heteroatoms. The van der Waals surface area contributed by atoms with Gasteiger partial charge in [-0.3, -0.25) is 20.4 Å². The summed E-state index contributed by atoms with van der Waals surface area (Å²) in [5.74, 6) is -4.47. The van der Waals surface area contributed by atoms with Crippen LogP contribution in [-0.2, 0) is 14.6 Å². The Morgan fingerprint density at radius 3 is 2.19 bits per heavy atom. The van der Waals surface area contributed by atoms with Gasteiger partial charge in [0.15, 0.2) is 6.10 Å². The summed E-state index contributed by atoms with van der Waals surface area (Å²) in [6.07, 6.45) is -0.931. The van der Waals surface area contributed by atoms with E-state index in [1.165, 1.54) is 6.92 Å². The highest BCUT2D eigenvalue weighted by Gasteiger charge is 2.26. The maximum absolute atomic E-state index is 12.5. The number of nitrogens with one attached hydrogen (secondary N) is 2. The number of halogens is 2. The van der Waals surface area contributed by atoms with Gasteiger partial charge in [-0.1, -0.05) is 30.3 Å². The molecule has 3 aromatic rings. The van der Waals surface area contributed by atoms with Crippen molar-refractivity contribution >= 4 is 32.4 Å². The van der Waals surface area contributed by atoms with Crippen molar-refractivity contribution in [2.45, 2.75) is 23.7 Å². The van der Waals surface area contributed by atoms with Crippen LogP contribution >= 0.6 is 0 Å². The molecule has 0 aliphatic heterocycles. The van der Waals surface area contributed by atoms with E-state index < -0.39 is 38.4 Å². The third kappa shape index (κ3) is 5.15. The molecule has 7 nitrogen and oxygen atoms in total. The summed E-state index contributed by atoms with van der Waals surface area (Å²) in [5.41, 5.74) is 4.33. The van der Waals surface area contributed by atoms with Crippen molar-refractivity contribution in [2.24, 2.45) is 0 Å². The predicted octanol–water partition coefficient (Wildman–Crippen LogP) is 3.06. The molecule has 2 N–H and O–H groups in total. The van der Waals surface area contributed by atoms with Crippen LogP contribution in [0.25, 0.3) is 10.8 Å². The zero-order valence-corrected chi connectivity index (χ0v) is 17.0. The number of hydrazine groups is 1. The lowest BCUT2D eigenvalue weighted by Crippen LogP contribution is -2.47. The summed E-state index contributed by atoms with van der Waals surface area (Å²) < 4.78 is 53.5. The summed E-state index contributed by atoms with van der Waals surface area (Å²) in [5, 5.41) is 1.96. The van der Waals surface area contributed by atoms with E-state index in [0.717, 1.165) is 35.0 Å². The average Bonchev–Trinajstić information content (AvgIpc) is 2.77. The number of sulfone groups is 1. The molecule has 1 atom stereocenters. The van der Waals surface area contributed by atoms with E-state index in [-0.39, 0.29) is 5.56 Å². The van der Waals surface area contributed by atoms with Crippen LogP contribution in [0.15, 0.2) is 71.6 Å². The lowest BCUT2D eigenvalue weighted by atomic mass is 10.1. The standard InChI is InChI=1S/C21H18F2N2O5S/c1-13(30-17-9-6-14-4-2-3-5-16(14)12-17)19(26)24-25-20(27)15-7-10-18(11-8-15)31(28,29)21(22)23/h2-13,21H,1H3,(H,24,26)(H,25,27)/t13-/m0/s1. The molecule has 0 heterocycles. The highest BCUT2D eigenvalue weighted by Crippen LogP contribution is 2.21. The summed E-state index contributed by atoms with van der Waals surface area (Å²) in [6, 6.07) is 16.9. The van der Waals surface area contributed by atoms with Gasteiger partial charge in [-0.15, -0.1) is 0 Å². The van der Waals surface area contributed by atoms with Gasteiger partial charge in [0.2, 0.25) is 9.84 Å². The smallest absolute Gasteiger partial charge is 0.341 e. The van der Waals surface area contributed by atoms with E-state index in [2.05, 4.69) is 10.9 Å². The van der Waals surface area contributed by atoms with E-state index in [1.807, 2.05) is 30.3 Å². The molecule has 0 spiro atoms. The van der Waals surface area contributed by atoms with Crippen LogP contribution in [0.3, 0.4) is 0 Å². The number of fused-ring (bicyclic) bond motifs is 1. The number of alkyl halides is 2. The van der Waals surface area contributed by atoms with E-state index in [4.69, 9.17) is 4.74 Å². The topological polar surface area (TPSA) is 102 Å². The fourth-order valence-corrected chi connectivity index (χ4v) is 3.41. The van der Waals surface area contributed by atoms with E-state index in [1.54, 1.807) is 12.1 Å². The van der Waals surface area contributed by atoms with Gasteiger partial charge >= 0.3 is 5.76 Å². The first-order chi connectivity index (χ1) is 14.7. The van der Waals surface area contributed by atoms with Gasteiger partial charge in [-0.05, 0) is 54.1 Å². The second kappa shape index (κ2) is 9.09. The summed E-state index contributed by atoms with van der Waals surface area (Å²) in [6.45, 7) is 1.50. The Morgan fingerprint density at radius 1 is 0.903 bits per heavy atom. The SMILES string of the molecule is C[C@H](Oc1ccc2ccccc2c1)C(=O)NNC(=O)c1ccc(S(=O)(=O)C(F)F)cc1. The first-order valence-electron chi connectivity index (χ1n) is 9.06. The molecule has 0 aromatic heterocycles. The average molecular weight is 448 g/mol. The minimum absolute atomic E-state index is 0.0309. The Kier molecular flexibility index (Phi) is 6.50. The van der Waals surface area contributed by atoms with E-state index in [0.29, 0.717) is 5.75 Å². The van der Waals surface area contributed by atoms with Gasteiger partial charge in [-0.25, -0.2) is 8.42 Å². The van der Waals surface area contributed by atoms with Gasteiger partial charge in [0.05, 0.1) is 4.90 Å². The molecule has 0 fully saturated rings. The third-order valence-corrected chi connectivity index (χ3v) is 5.78. The number of hydrogen-bond acceptors (Lipinski definition) is 5. The Morgan fingerprint density at radius 2 is 1.55 bits per heavy atom. The first kappa shape index (κ1) is 22.2. The molecular weight excluding hydrogens is 430 g/mol. The van der Waals surface area contributed by atoms with Gasteiger partial charge < -0.3 is 4.74 Å². The molecular formula is C21H18F2N2O5S. The maximum Gasteiger partial charge on any atom is 0.341 e. The Hall–Kier alpha value is -3.53. The second-order valence-corrected chi connectivity index (χ2v) is 8.46. The fourth-order valence-electron chi connectivity index (χ4n) is 2.69. The van der Waals surface area contributed by atoms with Gasteiger partial charge in [0.1, 0.15) is 5.75 Å². The molecule has 0 saturated carbocycles. The largest absolute Gasteiger partial charge is 0.481 e. The number of carbonyl (C=O) groups excluding carboxylic acids is 2. The molecule has 3 rings (SSSR count). The monoisotopic (exact) mass is 448 g/mol. The molecule has 0 saturated heterocycles. The first-order valence-corrected chi connectivity index (χ1v) is 10.6. The summed E-state index contributed by atoms with van der Waals surface area (Å²) in [4.78, 5) is 23.7. The minimum atomic E-state index is -4.75. The minimum Gasteiger partial charge on any atom is -0.481 e. The van der Waals surface area contributed by atoms with Crippen LogP contribution in [0.4, 0.5) is 8.78 Å². The molecule has 31 heavy (non-hydrogen) atoms. The van der Waals surface area contributed by atoms with Crippen LogP contribution in [-0.4, -0.2) is 32.1 Å². The molecule has 0 aliphatic carbocycles. The Labute approximate surface area is 176 Å².